The number of hydrogen-bond acceptors (Lipinski definition) is 3. The van der Waals surface area contributed by atoms with Gasteiger partial charge in [0.1, 0.15) is 17.5 Å². The van der Waals surface area contributed by atoms with Crippen molar-refractivity contribution in [2.75, 3.05) is 10.7 Å². The van der Waals surface area contributed by atoms with Gasteiger partial charge in [-0.15, -0.1) is 11.8 Å². The molecule has 0 saturated heterocycles. The number of thioether (sulfide) groups is 1. The molecule has 0 bridgehead atoms. The van der Waals surface area contributed by atoms with E-state index in [1.54, 1.807) is 23.1 Å². The van der Waals surface area contributed by atoms with Gasteiger partial charge in [0.05, 0.1) is 18.0 Å². The zero-order valence-corrected chi connectivity index (χ0v) is 17.0. The molecule has 0 spiro atoms. The van der Waals surface area contributed by atoms with Crippen molar-refractivity contribution in [1.29, 1.82) is 0 Å². The van der Waals surface area contributed by atoms with E-state index < -0.39 is 35.5 Å². The number of amides is 2. The second-order valence-electron chi connectivity index (χ2n) is 6.97. The van der Waals surface area contributed by atoms with E-state index in [0.717, 1.165) is 10.5 Å². The number of nitrogens with zero attached hydrogens (tertiary/aromatic N) is 1. The topological polar surface area (TPSA) is 49.4 Å². The van der Waals surface area contributed by atoms with Crippen molar-refractivity contribution in [3.05, 3.63) is 94.8 Å². The second kappa shape index (κ2) is 8.85. The molecule has 8 heteroatoms. The summed E-state index contributed by atoms with van der Waals surface area (Å²) in [6.07, 6.45) is 0. The van der Waals surface area contributed by atoms with Gasteiger partial charge in [0, 0.05) is 34.7 Å². The summed E-state index contributed by atoms with van der Waals surface area (Å²) in [7, 11) is 0. The minimum atomic E-state index is -1.07. The first-order valence-corrected chi connectivity index (χ1v) is 10.4. The van der Waals surface area contributed by atoms with Crippen LogP contribution in [0.25, 0.3) is 0 Å². The Hall–Kier alpha value is -3.26. The van der Waals surface area contributed by atoms with Crippen LogP contribution in [0.3, 0.4) is 0 Å². The zero-order chi connectivity index (χ0) is 22.0. The van der Waals surface area contributed by atoms with Crippen LogP contribution in [0.5, 0.6) is 0 Å². The minimum absolute atomic E-state index is 0.0747. The van der Waals surface area contributed by atoms with Crippen LogP contribution >= 0.6 is 11.8 Å². The molecule has 4 rings (SSSR count). The Morgan fingerprint density at radius 1 is 1.00 bits per heavy atom. The quantitative estimate of drug-likeness (QED) is 0.625. The smallest absolute Gasteiger partial charge is 0.251 e. The summed E-state index contributed by atoms with van der Waals surface area (Å²) in [5.41, 5.74) is 1.38. The summed E-state index contributed by atoms with van der Waals surface area (Å²) in [6, 6.07) is 15.5. The van der Waals surface area contributed by atoms with Crippen molar-refractivity contribution in [2.45, 2.75) is 18.0 Å². The normalized spacial score (nSPS) is 13.1. The van der Waals surface area contributed by atoms with E-state index in [-0.39, 0.29) is 11.5 Å². The molecule has 0 fully saturated rings. The molecule has 0 aliphatic carbocycles. The average molecular weight is 442 g/mol. The standard InChI is InChI=1S/C23H17F3N2O2S/c24-16-9-18(25)17(19(26)10-16)11-27-23(30)15-6-7-21-20(8-15)28(22(29)13-31-21)12-14-4-2-1-3-5-14/h1-10H,11-13H2,(H,27,30). The third-order valence-corrected chi connectivity index (χ3v) is 5.93. The summed E-state index contributed by atoms with van der Waals surface area (Å²) in [5, 5.41) is 2.45. The molecule has 0 atom stereocenters. The maximum absolute atomic E-state index is 13.8. The predicted molar refractivity (Wildman–Crippen MR) is 112 cm³/mol. The molecular weight excluding hydrogens is 425 g/mol. The molecule has 4 nitrogen and oxygen atoms in total. The third kappa shape index (κ3) is 4.59. The highest BCUT2D eigenvalue weighted by molar-refractivity contribution is 8.00. The number of carbonyl (C=O) groups is 2. The lowest BCUT2D eigenvalue weighted by atomic mass is 10.1. The number of benzene rings is 3. The largest absolute Gasteiger partial charge is 0.348 e. The van der Waals surface area contributed by atoms with E-state index in [1.807, 2.05) is 30.3 Å². The van der Waals surface area contributed by atoms with Gasteiger partial charge < -0.3 is 10.2 Å². The molecular formula is C23H17F3N2O2S. The number of nitrogens with one attached hydrogen (secondary N) is 1. The summed E-state index contributed by atoms with van der Waals surface area (Å²) < 4.78 is 40.7. The Labute approximate surface area is 181 Å². The number of fused-ring (bicyclic) bond motifs is 1. The van der Waals surface area contributed by atoms with Gasteiger partial charge in [0.2, 0.25) is 5.91 Å². The molecule has 0 saturated carbocycles. The molecule has 1 aliphatic rings. The summed E-state index contributed by atoms with van der Waals surface area (Å²) in [6.45, 7) is -0.0699. The maximum Gasteiger partial charge on any atom is 0.251 e. The Balaban J connectivity index is 1.55. The molecule has 3 aromatic carbocycles. The summed E-state index contributed by atoms with van der Waals surface area (Å²) in [5.74, 6) is -3.50. The van der Waals surface area contributed by atoms with Crippen LogP contribution < -0.4 is 10.2 Å². The molecule has 1 N–H and O–H groups in total. The van der Waals surface area contributed by atoms with Crippen LogP contribution in [-0.4, -0.2) is 17.6 Å². The van der Waals surface area contributed by atoms with Gasteiger partial charge in [0.25, 0.3) is 5.91 Å². The molecule has 2 amide bonds. The van der Waals surface area contributed by atoms with E-state index in [1.165, 1.54) is 11.8 Å². The van der Waals surface area contributed by atoms with Gasteiger partial charge in [-0.2, -0.15) is 0 Å². The van der Waals surface area contributed by atoms with Crippen LogP contribution in [-0.2, 0) is 17.9 Å². The third-order valence-electron chi connectivity index (χ3n) is 4.88. The van der Waals surface area contributed by atoms with E-state index >= 15 is 0 Å². The first-order chi connectivity index (χ1) is 14.9. The molecule has 0 unspecified atom stereocenters. The summed E-state index contributed by atoms with van der Waals surface area (Å²) in [4.78, 5) is 27.6. The molecule has 31 heavy (non-hydrogen) atoms. The van der Waals surface area contributed by atoms with Crippen LogP contribution in [0.4, 0.5) is 18.9 Å². The first-order valence-electron chi connectivity index (χ1n) is 9.45. The van der Waals surface area contributed by atoms with E-state index in [4.69, 9.17) is 0 Å². The van der Waals surface area contributed by atoms with Gasteiger partial charge in [-0.1, -0.05) is 30.3 Å². The van der Waals surface area contributed by atoms with Gasteiger partial charge in [-0.05, 0) is 23.8 Å². The van der Waals surface area contributed by atoms with Gasteiger partial charge in [-0.3, -0.25) is 9.59 Å². The lowest BCUT2D eigenvalue weighted by Crippen LogP contribution is -2.35. The molecule has 3 aromatic rings. The Morgan fingerprint density at radius 3 is 2.42 bits per heavy atom. The second-order valence-corrected chi connectivity index (χ2v) is 7.98. The van der Waals surface area contributed by atoms with E-state index in [2.05, 4.69) is 5.32 Å². The van der Waals surface area contributed by atoms with Crippen LogP contribution in [0, 0.1) is 17.5 Å². The lowest BCUT2D eigenvalue weighted by molar-refractivity contribution is -0.116. The number of anilines is 1. The van der Waals surface area contributed by atoms with Gasteiger partial charge >= 0.3 is 0 Å². The van der Waals surface area contributed by atoms with Crippen molar-refractivity contribution < 1.29 is 22.8 Å². The monoisotopic (exact) mass is 442 g/mol. The molecule has 1 heterocycles. The lowest BCUT2D eigenvalue weighted by Gasteiger charge is -2.29. The van der Waals surface area contributed by atoms with Crippen molar-refractivity contribution in [1.82, 2.24) is 5.32 Å². The first kappa shape index (κ1) is 21.0. The predicted octanol–water partition coefficient (Wildman–Crippen LogP) is 4.67. The fourth-order valence-corrected chi connectivity index (χ4v) is 4.21. The molecule has 0 radical (unpaired) electrons. The minimum Gasteiger partial charge on any atom is -0.348 e. The number of carbonyl (C=O) groups excluding carboxylic acids is 2. The van der Waals surface area contributed by atoms with Crippen LogP contribution in [0.1, 0.15) is 21.5 Å². The van der Waals surface area contributed by atoms with Crippen LogP contribution in [0.2, 0.25) is 0 Å². The Morgan fingerprint density at radius 2 is 1.71 bits per heavy atom. The Kier molecular flexibility index (Phi) is 5.99. The highest BCUT2D eigenvalue weighted by Gasteiger charge is 2.26. The highest BCUT2D eigenvalue weighted by Crippen LogP contribution is 2.37. The fourth-order valence-electron chi connectivity index (χ4n) is 3.29. The van der Waals surface area contributed by atoms with Crippen molar-refractivity contribution >= 4 is 29.3 Å². The summed E-state index contributed by atoms with van der Waals surface area (Å²) >= 11 is 1.39. The van der Waals surface area contributed by atoms with Crippen molar-refractivity contribution in [3.8, 4) is 0 Å². The number of halogens is 3. The molecule has 1 aliphatic heterocycles. The van der Waals surface area contributed by atoms with Crippen molar-refractivity contribution in [3.63, 3.8) is 0 Å². The average Bonchev–Trinajstić information content (AvgIpc) is 2.75. The zero-order valence-electron chi connectivity index (χ0n) is 16.2. The number of hydrogen-bond donors (Lipinski definition) is 1. The van der Waals surface area contributed by atoms with Crippen LogP contribution in [0.15, 0.2) is 65.6 Å². The molecule has 0 aromatic heterocycles. The van der Waals surface area contributed by atoms with Gasteiger partial charge in [-0.25, -0.2) is 13.2 Å². The highest BCUT2D eigenvalue weighted by atomic mass is 32.2. The van der Waals surface area contributed by atoms with E-state index in [0.29, 0.717) is 30.1 Å². The van der Waals surface area contributed by atoms with E-state index in [9.17, 15) is 22.8 Å². The fraction of sp³-hybridized carbons (Fsp3) is 0.130. The maximum atomic E-state index is 13.8. The SMILES string of the molecule is O=C(NCc1c(F)cc(F)cc1F)c1ccc2c(c1)N(Cc1ccccc1)C(=O)CS2. The van der Waals surface area contributed by atoms with Crippen molar-refractivity contribution in [2.24, 2.45) is 0 Å². The number of rotatable bonds is 5. The van der Waals surface area contributed by atoms with Gasteiger partial charge in [0.15, 0.2) is 0 Å². The molecule has 158 valence electrons. The Bertz CT molecular complexity index is 1130.